The zero-order chi connectivity index (χ0) is 13.1. The molecule has 100 valence electrons. The number of hydrogen-bond acceptors (Lipinski definition) is 2. The minimum atomic E-state index is 0.272. The van der Waals surface area contributed by atoms with Gasteiger partial charge in [-0.1, -0.05) is 68.1 Å². The molecule has 0 amide bonds. The van der Waals surface area contributed by atoms with E-state index in [1.54, 1.807) is 0 Å². The van der Waals surface area contributed by atoms with E-state index in [0.717, 1.165) is 12.3 Å². The molecule has 3 rings (SSSR count). The lowest BCUT2D eigenvalue weighted by molar-refractivity contribution is 0.402. The quantitative estimate of drug-likeness (QED) is 0.641. The monoisotopic (exact) mass is 254 g/mol. The molecule has 2 nitrogen and oxygen atoms in total. The fourth-order valence-corrected chi connectivity index (χ4v) is 3.42. The van der Waals surface area contributed by atoms with Crippen molar-refractivity contribution in [3.63, 3.8) is 0 Å². The first-order valence-electron chi connectivity index (χ1n) is 7.32. The molecule has 0 aliphatic heterocycles. The molecule has 1 saturated carbocycles. The summed E-state index contributed by atoms with van der Waals surface area (Å²) in [6.07, 6.45) is 6.66. The van der Waals surface area contributed by atoms with Crippen molar-refractivity contribution in [3.05, 3.63) is 48.0 Å². The lowest BCUT2D eigenvalue weighted by Crippen LogP contribution is -2.29. The second kappa shape index (κ2) is 5.72. The van der Waals surface area contributed by atoms with E-state index < -0.39 is 0 Å². The van der Waals surface area contributed by atoms with E-state index in [2.05, 4.69) is 47.9 Å². The fourth-order valence-electron chi connectivity index (χ4n) is 3.42. The topological polar surface area (TPSA) is 38.0 Å². The molecule has 19 heavy (non-hydrogen) atoms. The van der Waals surface area contributed by atoms with Gasteiger partial charge in [0.05, 0.1) is 0 Å². The highest BCUT2D eigenvalue weighted by Crippen LogP contribution is 2.34. The molecule has 3 N–H and O–H groups in total. The van der Waals surface area contributed by atoms with Gasteiger partial charge in [0.15, 0.2) is 0 Å². The zero-order valence-electron chi connectivity index (χ0n) is 11.3. The number of fused-ring (bicyclic) bond motifs is 1. The minimum Gasteiger partial charge on any atom is -0.271 e. The molecule has 2 aromatic carbocycles. The van der Waals surface area contributed by atoms with Gasteiger partial charge in [-0.25, -0.2) is 0 Å². The zero-order valence-corrected chi connectivity index (χ0v) is 11.3. The average Bonchev–Trinajstić information content (AvgIpc) is 2.97. The summed E-state index contributed by atoms with van der Waals surface area (Å²) in [5.41, 5.74) is 4.38. The Kier molecular flexibility index (Phi) is 3.81. The molecular formula is C17H22N2. The van der Waals surface area contributed by atoms with Gasteiger partial charge >= 0.3 is 0 Å². The van der Waals surface area contributed by atoms with Crippen LogP contribution in [0, 0.1) is 5.92 Å². The predicted molar refractivity (Wildman–Crippen MR) is 80.6 cm³/mol. The third kappa shape index (κ3) is 2.65. The van der Waals surface area contributed by atoms with Gasteiger partial charge in [-0.15, -0.1) is 0 Å². The van der Waals surface area contributed by atoms with Crippen LogP contribution in [0.15, 0.2) is 42.5 Å². The van der Waals surface area contributed by atoms with E-state index in [1.165, 1.54) is 42.0 Å². The molecule has 0 saturated heterocycles. The Balaban J connectivity index is 1.91. The van der Waals surface area contributed by atoms with Crippen LogP contribution in [0.3, 0.4) is 0 Å². The standard InChI is InChI=1S/C17H22N2/c18-19-17(12-13-6-1-2-7-13)16-11-5-9-14-8-3-4-10-15(14)16/h3-5,8-11,13,17,19H,1-2,6-7,12,18H2. The Hall–Kier alpha value is -1.38. The second-order valence-corrected chi connectivity index (χ2v) is 5.67. The highest BCUT2D eigenvalue weighted by molar-refractivity contribution is 5.86. The van der Waals surface area contributed by atoms with Crippen LogP contribution >= 0.6 is 0 Å². The number of nitrogens with two attached hydrogens (primary N) is 1. The molecule has 1 fully saturated rings. The van der Waals surface area contributed by atoms with Crippen molar-refractivity contribution < 1.29 is 0 Å². The number of nitrogens with one attached hydrogen (secondary N) is 1. The van der Waals surface area contributed by atoms with Crippen LogP contribution in [0.1, 0.15) is 43.7 Å². The molecule has 0 bridgehead atoms. The van der Waals surface area contributed by atoms with E-state index in [-0.39, 0.29) is 6.04 Å². The molecule has 0 heterocycles. The third-order valence-corrected chi connectivity index (χ3v) is 4.44. The van der Waals surface area contributed by atoms with E-state index >= 15 is 0 Å². The number of hydrogen-bond donors (Lipinski definition) is 2. The van der Waals surface area contributed by atoms with Crippen LogP contribution in [0.4, 0.5) is 0 Å². The molecule has 0 spiro atoms. The van der Waals surface area contributed by atoms with Crippen molar-refractivity contribution in [1.29, 1.82) is 0 Å². The Morgan fingerprint density at radius 2 is 1.79 bits per heavy atom. The van der Waals surface area contributed by atoms with Crippen LogP contribution in [-0.2, 0) is 0 Å². The maximum absolute atomic E-state index is 5.82. The summed E-state index contributed by atoms with van der Waals surface area (Å²) in [6, 6.07) is 15.4. The van der Waals surface area contributed by atoms with Crippen molar-refractivity contribution in [3.8, 4) is 0 Å². The van der Waals surface area contributed by atoms with Gasteiger partial charge in [0.1, 0.15) is 0 Å². The summed E-state index contributed by atoms with van der Waals surface area (Å²) < 4.78 is 0. The lowest BCUT2D eigenvalue weighted by Gasteiger charge is -2.21. The largest absolute Gasteiger partial charge is 0.271 e. The molecule has 0 aromatic heterocycles. The molecule has 1 aliphatic carbocycles. The van der Waals surface area contributed by atoms with Crippen molar-refractivity contribution in [1.82, 2.24) is 5.43 Å². The van der Waals surface area contributed by atoms with Gasteiger partial charge in [0, 0.05) is 6.04 Å². The second-order valence-electron chi connectivity index (χ2n) is 5.67. The minimum absolute atomic E-state index is 0.272. The Bertz CT molecular complexity index is 538. The summed E-state index contributed by atoms with van der Waals surface area (Å²) in [6.45, 7) is 0. The molecule has 0 radical (unpaired) electrons. The van der Waals surface area contributed by atoms with Gasteiger partial charge in [-0.2, -0.15) is 0 Å². The van der Waals surface area contributed by atoms with Crippen molar-refractivity contribution in [2.75, 3.05) is 0 Å². The Morgan fingerprint density at radius 1 is 1.05 bits per heavy atom. The van der Waals surface area contributed by atoms with Crippen molar-refractivity contribution in [2.45, 2.75) is 38.1 Å². The summed E-state index contributed by atoms with van der Waals surface area (Å²) in [5, 5.41) is 2.62. The first kappa shape index (κ1) is 12.6. The van der Waals surface area contributed by atoms with Crippen LogP contribution in [-0.4, -0.2) is 0 Å². The highest BCUT2D eigenvalue weighted by Gasteiger charge is 2.21. The van der Waals surface area contributed by atoms with Gasteiger partial charge in [-0.05, 0) is 28.7 Å². The van der Waals surface area contributed by atoms with E-state index in [4.69, 9.17) is 5.84 Å². The predicted octanol–water partition coefficient (Wildman–Crippen LogP) is 3.92. The summed E-state index contributed by atoms with van der Waals surface area (Å²) in [4.78, 5) is 0. The van der Waals surface area contributed by atoms with Crippen molar-refractivity contribution in [2.24, 2.45) is 11.8 Å². The molecule has 1 unspecified atom stereocenters. The first-order chi connectivity index (χ1) is 9.38. The molecule has 2 heteroatoms. The van der Waals surface area contributed by atoms with Crippen LogP contribution in [0.2, 0.25) is 0 Å². The van der Waals surface area contributed by atoms with Gasteiger partial charge in [-0.3, -0.25) is 11.3 Å². The first-order valence-corrected chi connectivity index (χ1v) is 7.32. The number of hydrazine groups is 1. The average molecular weight is 254 g/mol. The maximum Gasteiger partial charge on any atom is 0.0468 e. The van der Waals surface area contributed by atoms with E-state index in [0.29, 0.717) is 0 Å². The molecule has 2 aromatic rings. The van der Waals surface area contributed by atoms with Crippen LogP contribution in [0.5, 0.6) is 0 Å². The Labute approximate surface area is 115 Å². The van der Waals surface area contributed by atoms with E-state index in [9.17, 15) is 0 Å². The summed E-state index contributed by atoms with van der Waals surface area (Å²) in [7, 11) is 0. The summed E-state index contributed by atoms with van der Waals surface area (Å²) >= 11 is 0. The summed E-state index contributed by atoms with van der Waals surface area (Å²) in [5.74, 6) is 6.66. The normalized spacial score (nSPS) is 17.9. The molecular weight excluding hydrogens is 232 g/mol. The molecule has 1 atom stereocenters. The third-order valence-electron chi connectivity index (χ3n) is 4.44. The van der Waals surface area contributed by atoms with Crippen LogP contribution in [0.25, 0.3) is 10.8 Å². The smallest absolute Gasteiger partial charge is 0.0468 e. The fraction of sp³-hybridized carbons (Fsp3) is 0.412. The number of rotatable bonds is 4. The van der Waals surface area contributed by atoms with Gasteiger partial charge in [0.25, 0.3) is 0 Å². The number of benzene rings is 2. The SMILES string of the molecule is NNC(CC1CCCC1)c1cccc2ccccc12. The van der Waals surface area contributed by atoms with Crippen molar-refractivity contribution >= 4 is 10.8 Å². The maximum atomic E-state index is 5.82. The lowest BCUT2D eigenvalue weighted by atomic mass is 9.91. The molecule has 1 aliphatic rings. The van der Waals surface area contributed by atoms with E-state index in [1.807, 2.05) is 0 Å². The Morgan fingerprint density at radius 3 is 2.58 bits per heavy atom. The van der Waals surface area contributed by atoms with Gasteiger partial charge < -0.3 is 0 Å². The van der Waals surface area contributed by atoms with Gasteiger partial charge in [0.2, 0.25) is 0 Å². The van der Waals surface area contributed by atoms with Crippen LogP contribution < -0.4 is 11.3 Å². The highest BCUT2D eigenvalue weighted by atomic mass is 15.2.